The summed E-state index contributed by atoms with van der Waals surface area (Å²) in [4.78, 5) is 0. The highest BCUT2D eigenvalue weighted by Gasteiger charge is 2.07. The molecule has 0 fully saturated rings. The zero-order chi connectivity index (χ0) is 12.8. The van der Waals surface area contributed by atoms with Crippen molar-refractivity contribution in [3.63, 3.8) is 0 Å². The molecule has 1 atom stereocenters. The molecule has 2 nitrogen and oxygen atoms in total. The van der Waals surface area contributed by atoms with Crippen LogP contribution in [-0.4, -0.2) is 18.2 Å². The van der Waals surface area contributed by atoms with E-state index < -0.39 is 0 Å². The zero-order valence-electron chi connectivity index (χ0n) is 11.5. The van der Waals surface area contributed by atoms with Gasteiger partial charge in [0.1, 0.15) is 0 Å². The van der Waals surface area contributed by atoms with Crippen LogP contribution in [0, 0.1) is 19.8 Å². The summed E-state index contributed by atoms with van der Waals surface area (Å²) < 4.78 is 0. The minimum absolute atomic E-state index is 0.353. The molecule has 0 radical (unpaired) electrons. The molecule has 1 rings (SSSR count). The Labute approximate surface area is 105 Å². The van der Waals surface area contributed by atoms with Gasteiger partial charge in [-0.3, -0.25) is 0 Å². The van der Waals surface area contributed by atoms with Crippen LogP contribution in [0.1, 0.15) is 43.1 Å². The maximum Gasteiger partial charge on any atom is 0.0802 e. The number of hydrogen-bond donors (Lipinski definition) is 2. The molecule has 0 spiro atoms. The highest BCUT2D eigenvalue weighted by atomic mass is 16.3. The Bertz CT molecular complexity index is 347. The van der Waals surface area contributed by atoms with E-state index in [1.807, 2.05) is 6.07 Å². The quantitative estimate of drug-likeness (QED) is 0.743. The van der Waals surface area contributed by atoms with E-state index in [2.05, 4.69) is 45.1 Å². The first-order chi connectivity index (χ1) is 8.00. The van der Waals surface area contributed by atoms with Crippen molar-refractivity contribution < 1.29 is 5.11 Å². The molecule has 2 heteroatoms. The summed E-state index contributed by atoms with van der Waals surface area (Å²) in [5.41, 5.74) is 3.55. The van der Waals surface area contributed by atoms with Crippen molar-refractivity contribution in [2.75, 3.05) is 13.1 Å². The molecule has 1 aromatic rings. The summed E-state index contributed by atoms with van der Waals surface area (Å²) in [5.74, 6) is 0.661. The van der Waals surface area contributed by atoms with Crippen molar-refractivity contribution in [1.82, 2.24) is 5.32 Å². The van der Waals surface area contributed by atoms with Gasteiger partial charge in [0, 0.05) is 0 Å². The lowest BCUT2D eigenvalue weighted by Gasteiger charge is -2.14. The van der Waals surface area contributed by atoms with Crippen LogP contribution in [0.4, 0.5) is 0 Å². The minimum atomic E-state index is -0.353. The molecule has 17 heavy (non-hydrogen) atoms. The number of hydrogen-bond acceptors (Lipinski definition) is 2. The Morgan fingerprint density at radius 1 is 1.18 bits per heavy atom. The predicted octanol–water partition coefficient (Wildman–Crippen LogP) is 2.97. The van der Waals surface area contributed by atoms with Crippen molar-refractivity contribution in [1.29, 1.82) is 0 Å². The molecule has 0 aromatic heterocycles. The van der Waals surface area contributed by atoms with Gasteiger partial charge in [-0.2, -0.15) is 0 Å². The van der Waals surface area contributed by atoms with Crippen LogP contribution in [0.5, 0.6) is 0 Å². The maximum absolute atomic E-state index is 10.1. The molecule has 2 N–H and O–H groups in total. The monoisotopic (exact) mass is 235 g/mol. The molecular weight excluding hydrogens is 210 g/mol. The molecule has 0 bridgehead atoms. The minimum Gasteiger partial charge on any atom is -0.388 e. The van der Waals surface area contributed by atoms with Crippen LogP contribution in [0.15, 0.2) is 18.2 Å². The highest BCUT2D eigenvalue weighted by molar-refractivity contribution is 5.31. The second kappa shape index (κ2) is 6.77. The Morgan fingerprint density at radius 2 is 1.88 bits per heavy atom. The first-order valence-corrected chi connectivity index (χ1v) is 6.46. The van der Waals surface area contributed by atoms with Gasteiger partial charge in [0.2, 0.25) is 0 Å². The summed E-state index contributed by atoms with van der Waals surface area (Å²) in [6.07, 6.45) is 0.420. The lowest BCUT2D eigenvalue weighted by atomic mass is 10.0. The largest absolute Gasteiger partial charge is 0.388 e. The van der Waals surface area contributed by atoms with Crippen LogP contribution >= 0.6 is 0 Å². The van der Waals surface area contributed by atoms with Crippen LogP contribution in [0.25, 0.3) is 0 Å². The van der Waals surface area contributed by atoms with E-state index in [4.69, 9.17) is 0 Å². The number of aliphatic hydroxyl groups is 1. The lowest BCUT2D eigenvalue weighted by Crippen LogP contribution is -2.22. The number of benzene rings is 1. The molecule has 0 heterocycles. The molecule has 0 aliphatic carbocycles. The average molecular weight is 235 g/mol. The summed E-state index contributed by atoms with van der Waals surface area (Å²) in [6.45, 7) is 10.4. The zero-order valence-corrected chi connectivity index (χ0v) is 11.5. The van der Waals surface area contributed by atoms with Gasteiger partial charge in [-0.1, -0.05) is 32.0 Å². The second-order valence-corrected chi connectivity index (χ2v) is 5.25. The van der Waals surface area contributed by atoms with Crippen molar-refractivity contribution >= 4 is 0 Å². The fourth-order valence-electron chi connectivity index (χ4n) is 1.77. The van der Waals surface area contributed by atoms with Gasteiger partial charge in [0.05, 0.1) is 6.10 Å². The van der Waals surface area contributed by atoms with E-state index in [9.17, 15) is 5.11 Å². The third-order valence-electron chi connectivity index (χ3n) is 3.06. The van der Waals surface area contributed by atoms with E-state index in [0.717, 1.165) is 25.1 Å². The third kappa shape index (κ3) is 4.88. The van der Waals surface area contributed by atoms with Crippen molar-refractivity contribution in [2.24, 2.45) is 5.92 Å². The first-order valence-electron chi connectivity index (χ1n) is 6.46. The number of aryl methyl sites for hydroxylation is 2. The predicted molar refractivity (Wildman–Crippen MR) is 73.2 cm³/mol. The Morgan fingerprint density at radius 3 is 2.47 bits per heavy atom. The molecular formula is C15H25NO. The van der Waals surface area contributed by atoms with Gasteiger partial charge in [-0.05, 0) is 56.0 Å². The third-order valence-corrected chi connectivity index (χ3v) is 3.06. The van der Waals surface area contributed by atoms with Crippen molar-refractivity contribution in [3.8, 4) is 0 Å². The smallest absolute Gasteiger partial charge is 0.0802 e. The molecule has 0 aliphatic heterocycles. The molecule has 0 aliphatic rings. The summed E-state index contributed by atoms with van der Waals surface area (Å²) in [5, 5.41) is 13.4. The van der Waals surface area contributed by atoms with Gasteiger partial charge >= 0.3 is 0 Å². The Kier molecular flexibility index (Phi) is 5.66. The average Bonchev–Trinajstić information content (AvgIpc) is 2.27. The van der Waals surface area contributed by atoms with Gasteiger partial charge in [-0.25, -0.2) is 0 Å². The standard InChI is InChI=1S/C15H25NO/c1-11(2)10-16-8-7-15(17)14-6-5-12(3)13(4)9-14/h5-6,9,11,15-17H,7-8,10H2,1-4H3. The van der Waals surface area contributed by atoms with Crippen molar-refractivity contribution in [3.05, 3.63) is 34.9 Å². The Balaban J connectivity index is 2.41. The number of nitrogens with one attached hydrogen (secondary N) is 1. The van der Waals surface area contributed by atoms with E-state index in [1.165, 1.54) is 11.1 Å². The Hall–Kier alpha value is -0.860. The van der Waals surface area contributed by atoms with Crippen LogP contribution in [0.2, 0.25) is 0 Å². The van der Waals surface area contributed by atoms with Crippen molar-refractivity contribution in [2.45, 2.75) is 40.2 Å². The number of rotatable bonds is 6. The van der Waals surface area contributed by atoms with E-state index in [0.29, 0.717) is 5.92 Å². The van der Waals surface area contributed by atoms with Gasteiger partial charge in [0.15, 0.2) is 0 Å². The maximum atomic E-state index is 10.1. The summed E-state index contributed by atoms with van der Waals surface area (Å²) >= 11 is 0. The topological polar surface area (TPSA) is 32.3 Å². The SMILES string of the molecule is Cc1ccc(C(O)CCNCC(C)C)cc1C. The molecule has 0 saturated heterocycles. The molecule has 1 unspecified atom stereocenters. The molecule has 0 amide bonds. The molecule has 1 aromatic carbocycles. The van der Waals surface area contributed by atoms with Crippen LogP contribution in [-0.2, 0) is 0 Å². The lowest BCUT2D eigenvalue weighted by molar-refractivity contribution is 0.166. The number of aliphatic hydroxyl groups excluding tert-OH is 1. The van der Waals surface area contributed by atoms with E-state index in [-0.39, 0.29) is 6.10 Å². The van der Waals surface area contributed by atoms with Gasteiger partial charge in [-0.15, -0.1) is 0 Å². The van der Waals surface area contributed by atoms with E-state index >= 15 is 0 Å². The van der Waals surface area contributed by atoms with Crippen LogP contribution in [0.3, 0.4) is 0 Å². The van der Waals surface area contributed by atoms with Gasteiger partial charge in [0.25, 0.3) is 0 Å². The fraction of sp³-hybridized carbons (Fsp3) is 0.600. The summed E-state index contributed by atoms with van der Waals surface area (Å²) in [6, 6.07) is 6.19. The fourth-order valence-corrected chi connectivity index (χ4v) is 1.77. The normalized spacial score (nSPS) is 13.1. The van der Waals surface area contributed by atoms with Crippen LogP contribution < -0.4 is 5.32 Å². The van der Waals surface area contributed by atoms with E-state index in [1.54, 1.807) is 0 Å². The highest BCUT2D eigenvalue weighted by Crippen LogP contribution is 2.19. The first kappa shape index (κ1) is 14.2. The molecule has 96 valence electrons. The molecule has 0 saturated carbocycles. The summed E-state index contributed by atoms with van der Waals surface area (Å²) in [7, 11) is 0. The van der Waals surface area contributed by atoms with Gasteiger partial charge < -0.3 is 10.4 Å². The second-order valence-electron chi connectivity index (χ2n) is 5.25.